The quantitative estimate of drug-likeness (QED) is 0.529. The van der Waals surface area contributed by atoms with Gasteiger partial charge in [0.15, 0.2) is 14.0 Å². The number of carbonyl (C=O) groups is 2. The van der Waals surface area contributed by atoms with E-state index in [0.717, 1.165) is 6.54 Å². The molecule has 0 radical (unpaired) electrons. The van der Waals surface area contributed by atoms with Crippen LogP contribution in [-0.4, -0.2) is 36.7 Å². The number of hydrogen-bond donors (Lipinski definition) is 0. The van der Waals surface area contributed by atoms with Gasteiger partial charge in [0.2, 0.25) is 0 Å². The lowest BCUT2D eigenvalue weighted by molar-refractivity contribution is -0.125. The molecule has 0 bridgehead atoms. The summed E-state index contributed by atoms with van der Waals surface area (Å²) < 4.78 is 2.18. The molecule has 2 rings (SSSR count). The molecule has 17 heavy (non-hydrogen) atoms. The van der Waals surface area contributed by atoms with Crippen LogP contribution >= 0.6 is 0 Å². The van der Waals surface area contributed by atoms with Crippen LogP contribution in [0.2, 0.25) is 19.1 Å². The van der Waals surface area contributed by atoms with E-state index in [2.05, 4.69) is 22.9 Å². The fraction of sp³-hybridized carbons (Fsp3) is 0.750. The molecule has 1 aliphatic carbocycles. The number of ketones is 2. The Kier molecular flexibility index (Phi) is 3.47. The van der Waals surface area contributed by atoms with E-state index in [1.807, 2.05) is 0 Å². The number of hydrogen-bond acceptors (Lipinski definition) is 4. The van der Waals surface area contributed by atoms with Crippen LogP contribution in [0, 0.1) is 0 Å². The van der Waals surface area contributed by atoms with Crippen molar-refractivity contribution in [2.24, 2.45) is 5.10 Å². The summed E-state index contributed by atoms with van der Waals surface area (Å²) in [5, 5.41) is 4.57. The summed E-state index contributed by atoms with van der Waals surface area (Å²) in [7, 11) is -1.44. The summed E-state index contributed by atoms with van der Waals surface area (Å²) >= 11 is 0. The van der Waals surface area contributed by atoms with E-state index in [1.165, 1.54) is 18.9 Å². The summed E-state index contributed by atoms with van der Waals surface area (Å²) in [5.74, 6) is 0.000669. The summed E-state index contributed by atoms with van der Waals surface area (Å²) in [6.45, 7) is 5.58. The number of hydrazone groups is 1. The molecule has 0 N–H and O–H groups in total. The van der Waals surface area contributed by atoms with Crippen molar-refractivity contribution in [3.8, 4) is 0 Å². The monoisotopic (exact) mass is 252 g/mol. The summed E-state index contributed by atoms with van der Waals surface area (Å²) in [4.78, 5) is 22.9. The average Bonchev–Trinajstić information content (AvgIpc) is 2.24. The first-order valence-corrected chi connectivity index (χ1v) is 9.54. The van der Waals surface area contributed by atoms with Crippen LogP contribution < -0.4 is 0 Å². The molecule has 94 valence electrons. The van der Waals surface area contributed by atoms with Gasteiger partial charge in [0, 0.05) is 19.4 Å². The van der Waals surface area contributed by atoms with Gasteiger partial charge in [-0.25, -0.2) is 0 Å². The zero-order chi connectivity index (χ0) is 12.5. The summed E-state index contributed by atoms with van der Waals surface area (Å²) in [6.07, 6.45) is 3.54. The molecule has 2 aliphatic rings. The zero-order valence-electron chi connectivity index (χ0n) is 10.7. The highest BCUT2D eigenvalue weighted by molar-refractivity contribution is 6.74. The van der Waals surface area contributed by atoms with Crippen LogP contribution in [0.4, 0.5) is 0 Å². The van der Waals surface area contributed by atoms with Crippen LogP contribution in [0.5, 0.6) is 0 Å². The summed E-state index contributed by atoms with van der Waals surface area (Å²) in [6, 6.07) is 1.25. The van der Waals surface area contributed by atoms with E-state index < -0.39 is 8.24 Å². The van der Waals surface area contributed by atoms with Gasteiger partial charge in [0.25, 0.3) is 0 Å². The molecule has 0 aromatic carbocycles. The predicted molar refractivity (Wildman–Crippen MR) is 69.5 cm³/mol. The van der Waals surface area contributed by atoms with Gasteiger partial charge in [-0.1, -0.05) is 19.5 Å². The van der Waals surface area contributed by atoms with Crippen molar-refractivity contribution < 1.29 is 9.59 Å². The maximum Gasteiger partial charge on any atom is 0.186 e. The third-order valence-corrected chi connectivity index (χ3v) is 6.97. The molecule has 1 heterocycles. The first kappa shape index (κ1) is 12.5. The minimum absolute atomic E-state index is 0.0587. The fourth-order valence-electron chi connectivity index (χ4n) is 2.45. The summed E-state index contributed by atoms with van der Waals surface area (Å²) in [5.41, 5.74) is 0.632. The van der Waals surface area contributed by atoms with Gasteiger partial charge in [-0.05, 0) is 12.5 Å². The van der Waals surface area contributed by atoms with E-state index in [9.17, 15) is 9.59 Å². The van der Waals surface area contributed by atoms with E-state index in [4.69, 9.17) is 0 Å². The van der Waals surface area contributed by atoms with Crippen LogP contribution in [0.25, 0.3) is 0 Å². The van der Waals surface area contributed by atoms with Crippen LogP contribution in [0.1, 0.15) is 32.1 Å². The number of carbonyl (C=O) groups excluding carboxylic acids is 2. The lowest BCUT2D eigenvalue weighted by Gasteiger charge is -2.39. The average molecular weight is 252 g/mol. The molecule has 4 nitrogen and oxygen atoms in total. The number of Topliss-reactive ketones (excluding diaryl/α,β-unsaturated/α-hetero) is 2. The van der Waals surface area contributed by atoms with E-state index in [-0.39, 0.29) is 18.0 Å². The third-order valence-electron chi connectivity index (χ3n) is 3.67. The second kappa shape index (κ2) is 4.72. The molecule has 0 atom stereocenters. The van der Waals surface area contributed by atoms with Gasteiger partial charge in [0.1, 0.15) is 11.5 Å². The van der Waals surface area contributed by atoms with E-state index in [0.29, 0.717) is 18.6 Å². The topological polar surface area (TPSA) is 49.7 Å². The third kappa shape index (κ3) is 2.83. The Labute approximate surface area is 103 Å². The van der Waals surface area contributed by atoms with Gasteiger partial charge in [0.05, 0.1) is 6.42 Å². The highest BCUT2D eigenvalue weighted by Crippen LogP contribution is 2.25. The standard InChI is InChI=1S/C12H20N2O2Si/c1-17(2)8-4-3-7-14(17)13-11-6-5-10(15)9-12(11)16/h3-9H2,1-2H3. The van der Waals surface area contributed by atoms with Gasteiger partial charge in [-0.15, -0.1) is 0 Å². The van der Waals surface area contributed by atoms with Crippen LogP contribution in [-0.2, 0) is 9.59 Å². The minimum Gasteiger partial charge on any atom is -0.324 e. The molecule has 5 heteroatoms. The maximum absolute atomic E-state index is 11.7. The molecule has 0 aromatic heterocycles. The second-order valence-electron chi connectivity index (χ2n) is 5.58. The molecule has 2 fully saturated rings. The molecular formula is C12H20N2O2Si. The highest BCUT2D eigenvalue weighted by Gasteiger charge is 2.33. The molecule has 0 amide bonds. The van der Waals surface area contributed by atoms with Crippen LogP contribution in [0.15, 0.2) is 5.10 Å². The lowest BCUT2D eigenvalue weighted by atomic mass is 9.96. The smallest absolute Gasteiger partial charge is 0.186 e. The van der Waals surface area contributed by atoms with Crippen molar-refractivity contribution in [2.45, 2.75) is 51.2 Å². The Morgan fingerprint density at radius 1 is 1.18 bits per heavy atom. The Morgan fingerprint density at radius 2 is 1.94 bits per heavy atom. The molecule has 0 aromatic rings. The van der Waals surface area contributed by atoms with Crippen molar-refractivity contribution in [3.63, 3.8) is 0 Å². The molecule has 1 saturated carbocycles. The number of nitrogens with zero attached hydrogens (tertiary/aromatic N) is 2. The SMILES string of the molecule is C[Si]1(C)CCCCN1N=C1CCC(=O)CC1=O. The van der Waals surface area contributed by atoms with Crippen molar-refractivity contribution in [1.29, 1.82) is 0 Å². The van der Waals surface area contributed by atoms with E-state index in [1.54, 1.807) is 0 Å². The Morgan fingerprint density at radius 3 is 2.59 bits per heavy atom. The van der Waals surface area contributed by atoms with Crippen molar-refractivity contribution >= 4 is 25.5 Å². The zero-order valence-corrected chi connectivity index (χ0v) is 11.7. The lowest BCUT2D eigenvalue weighted by Crippen LogP contribution is -2.49. The van der Waals surface area contributed by atoms with Gasteiger partial charge >= 0.3 is 0 Å². The number of rotatable bonds is 1. The van der Waals surface area contributed by atoms with Gasteiger partial charge in [-0.2, -0.15) is 5.10 Å². The molecular weight excluding hydrogens is 232 g/mol. The fourth-order valence-corrected chi connectivity index (χ4v) is 4.98. The first-order chi connectivity index (χ1) is 7.99. The minimum atomic E-state index is -1.44. The molecule has 1 saturated heterocycles. The Bertz CT molecular complexity index is 377. The molecule has 1 aliphatic heterocycles. The first-order valence-electron chi connectivity index (χ1n) is 6.39. The van der Waals surface area contributed by atoms with Gasteiger partial charge < -0.3 is 4.67 Å². The van der Waals surface area contributed by atoms with Crippen molar-refractivity contribution in [1.82, 2.24) is 4.67 Å². The van der Waals surface area contributed by atoms with Crippen molar-refractivity contribution in [3.05, 3.63) is 0 Å². The maximum atomic E-state index is 11.7. The second-order valence-corrected chi connectivity index (χ2v) is 10.2. The normalized spacial score (nSPS) is 27.6. The highest BCUT2D eigenvalue weighted by atomic mass is 28.3. The Balaban J connectivity index is 2.12. The van der Waals surface area contributed by atoms with Gasteiger partial charge in [-0.3, -0.25) is 9.59 Å². The van der Waals surface area contributed by atoms with Crippen molar-refractivity contribution in [2.75, 3.05) is 6.54 Å². The van der Waals surface area contributed by atoms with Crippen LogP contribution in [0.3, 0.4) is 0 Å². The predicted octanol–water partition coefficient (Wildman–Crippen LogP) is 1.97. The molecule has 0 spiro atoms. The Hall–Kier alpha value is -0.973. The van der Waals surface area contributed by atoms with E-state index >= 15 is 0 Å². The largest absolute Gasteiger partial charge is 0.324 e. The molecule has 0 unspecified atom stereocenters.